The van der Waals surface area contributed by atoms with Gasteiger partial charge in [-0.3, -0.25) is 9.59 Å². The maximum Gasteiger partial charge on any atom is 0.354 e. The van der Waals surface area contributed by atoms with Gasteiger partial charge in [-0.1, -0.05) is 6.92 Å². The minimum absolute atomic E-state index is 0.218. The number of rotatable bonds is 6. The Balaban J connectivity index is 2.53. The normalized spacial score (nSPS) is 9.83. The molecular formula is C10H14N4O4. The van der Waals surface area contributed by atoms with Gasteiger partial charge >= 0.3 is 5.97 Å². The summed E-state index contributed by atoms with van der Waals surface area (Å²) >= 11 is 0. The van der Waals surface area contributed by atoms with Crippen molar-refractivity contribution >= 4 is 17.8 Å². The van der Waals surface area contributed by atoms with Gasteiger partial charge in [0, 0.05) is 6.54 Å². The fourth-order valence-corrected chi connectivity index (χ4v) is 1.20. The van der Waals surface area contributed by atoms with E-state index in [1.54, 1.807) is 0 Å². The first-order chi connectivity index (χ1) is 8.56. The number of aromatic amines is 1. The zero-order chi connectivity index (χ0) is 13.5. The molecule has 0 saturated carbocycles. The van der Waals surface area contributed by atoms with Crippen molar-refractivity contribution in [1.82, 2.24) is 20.6 Å². The number of carbonyl (C=O) groups is 3. The molecule has 4 N–H and O–H groups in total. The van der Waals surface area contributed by atoms with Crippen LogP contribution in [-0.4, -0.2) is 45.9 Å². The summed E-state index contributed by atoms with van der Waals surface area (Å²) < 4.78 is 0. The van der Waals surface area contributed by atoms with Crippen LogP contribution < -0.4 is 10.6 Å². The molecule has 8 nitrogen and oxygen atoms in total. The number of amides is 2. The minimum atomic E-state index is -1.28. The molecule has 1 aromatic heterocycles. The molecule has 0 aliphatic carbocycles. The second kappa shape index (κ2) is 6.38. The van der Waals surface area contributed by atoms with Gasteiger partial charge in [0.25, 0.3) is 5.91 Å². The van der Waals surface area contributed by atoms with Crippen LogP contribution in [0, 0.1) is 0 Å². The van der Waals surface area contributed by atoms with Gasteiger partial charge < -0.3 is 20.7 Å². The monoisotopic (exact) mass is 254 g/mol. The van der Waals surface area contributed by atoms with Crippen LogP contribution in [0.25, 0.3) is 0 Å². The van der Waals surface area contributed by atoms with Crippen LogP contribution in [0.15, 0.2) is 6.33 Å². The fraction of sp³-hybridized carbons (Fsp3) is 0.400. The third-order valence-electron chi connectivity index (χ3n) is 2.05. The van der Waals surface area contributed by atoms with Crippen LogP contribution in [0.4, 0.5) is 0 Å². The average molecular weight is 254 g/mol. The predicted octanol–water partition coefficient (Wildman–Crippen LogP) is -0.636. The Morgan fingerprint density at radius 3 is 2.72 bits per heavy atom. The number of carboxylic acid groups (broad SMARTS) is 1. The van der Waals surface area contributed by atoms with Crippen LogP contribution in [0.2, 0.25) is 0 Å². The van der Waals surface area contributed by atoms with Crippen molar-refractivity contribution in [3.05, 3.63) is 17.7 Å². The summed E-state index contributed by atoms with van der Waals surface area (Å²) in [7, 11) is 0. The van der Waals surface area contributed by atoms with Crippen LogP contribution in [0.3, 0.4) is 0 Å². The van der Waals surface area contributed by atoms with Crippen molar-refractivity contribution in [2.75, 3.05) is 13.1 Å². The van der Waals surface area contributed by atoms with E-state index >= 15 is 0 Å². The number of nitrogens with zero attached hydrogens (tertiary/aromatic N) is 1. The molecule has 2 amide bonds. The van der Waals surface area contributed by atoms with Crippen LogP contribution in [0.5, 0.6) is 0 Å². The van der Waals surface area contributed by atoms with E-state index < -0.39 is 11.9 Å². The first-order valence-corrected chi connectivity index (χ1v) is 5.37. The van der Waals surface area contributed by atoms with Crippen molar-refractivity contribution in [1.29, 1.82) is 0 Å². The molecule has 1 aromatic rings. The van der Waals surface area contributed by atoms with Gasteiger partial charge in [0.2, 0.25) is 5.91 Å². The van der Waals surface area contributed by atoms with Crippen LogP contribution in [-0.2, 0) is 4.79 Å². The van der Waals surface area contributed by atoms with E-state index in [-0.39, 0.29) is 23.8 Å². The lowest BCUT2D eigenvalue weighted by atomic mass is 10.3. The molecule has 1 rings (SSSR count). The Bertz CT molecular complexity index is 454. The Kier molecular flexibility index (Phi) is 4.85. The standard InChI is InChI=1S/C10H14N4O4/c1-2-3-11-6(15)4-12-9(16)7-8(10(17)18)14-5-13-7/h5H,2-4H2,1H3,(H,11,15)(H,12,16)(H,13,14)(H,17,18). The number of carbonyl (C=O) groups excluding carboxylic acids is 2. The topological polar surface area (TPSA) is 124 Å². The number of nitrogens with one attached hydrogen (secondary N) is 3. The van der Waals surface area contributed by atoms with Crippen molar-refractivity contribution in [2.24, 2.45) is 0 Å². The number of imidazole rings is 1. The average Bonchev–Trinajstić information content (AvgIpc) is 2.82. The van der Waals surface area contributed by atoms with Crippen molar-refractivity contribution in [2.45, 2.75) is 13.3 Å². The minimum Gasteiger partial charge on any atom is -0.477 e. The van der Waals surface area contributed by atoms with Gasteiger partial charge in [-0.05, 0) is 6.42 Å². The maximum absolute atomic E-state index is 11.6. The van der Waals surface area contributed by atoms with Gasteiger partial charge in [-0.25, -0.2) is 9.78 Å². The Hall–Kier alpha value is -2.38. The smallest absolute Gasteiger partial charge is 0.354 e. The molecule has 18 heavy (non-hydrogen) atoms. The van der Waals surface area contributed by atoms with Gasteiger partial charge in [0.1, 0.15) is 0 Å². The molecule has 0 bridgehead atoms. The summed E-state index contributed by atoms with van der Waals surface area (Å²) in [6, 6.07) is 0. The highest BCUT2D eigenvalue weighted by Crippen LogP contribution is 2.01. The number of aromatic nitrogens is 2. The summed E-state index contributed by atoms with van der Waals surface area (Å²) in [5.74, 6) is -2.33. The molecule has 0 aliphatic rings. The molecule has 0 aliphatic heterocycles. The molecule has 98 valence electrons. The van der Waals surface area contributed by atoms with Gasteiger partial charge in [0.05, 0.1) is 12.9 Å². The molecule has 0 aromatic carbocycles. The van der Waals surface area contributed by atoms with E-state index in [2.05, 4.69) is 20.6 Å². The van der Waals surface area contributed by atoms with E-state index in [9.17, 15) is 14.4 Å². The van der Waals surface area contributed by atoms with E-state index in [1.807, 2.05) is 6.92 Å². The lowest BCUT2D eigenvalue weighted by Crippen LogP contribution is -2.37. The molecular weight excluding hydrogens is 240 g/mol. The SMILES string of the molecule is CCCNC(=O)CNC(=O)c1nc[nH]c1C(=O)O. The molecule has 8 heteroatoms. The lowest BCUT2D eigenvalue weighted by Gasteiger charge is -2.04. The summed E-state index contributed by atoms with van der Waals surface area (Å²) in [5, 5.41) is 13.6. The molecule has 1 heterocycles. The number of hydrogen-bond acceptors (Lipinski definition) is 4. The number of aromatic carboxylic acids is 1. The van der Waals surface area contributed by atoms with E-state index in [4.69, 9.17) is 5.11 Å². The highest BCUT2D eigenvalue weighted by Gasteiger charge is 2.19. The second-order valence-corrected chi connectivity index (χ2v) is 3.46. The molecule has 0 spiro atoms. The summed E-state index contributed by atoms with van der Waals surface area (Å²) in [4.78, 5) is 39.5. The van der Waals surface area contributed by atoms with Crippen molar-refractivity contribution < 1.29 is 19.5 Å². The van der Waals surface area contributed by atoms with E-state index in [0.717, 1.165) is 12.7 Å². The summed E-state index contributed by atoms with van der Waals surface area (Å²) in [6.07, 6.45) is 1.90. The number of hydrogen-bond donors (Lipinski definition) is 4. The first-order valence-electron chi connectivity index (χ1n) is 5.37. The summed E-state index contributed by atoms with van der Waals surface area (Å²) in [6.45, 7) is 2.21. The fourth-order valence-electron chi connectivity index (χ4n) is 1.20. The second-order valence-electron chi connectivity index (χ2n) is 3.46. The molecule has 0 fully saturated rings. The predicted molar refractivity (Wildman–Crippen MR) is 61.2 cm³/mol. The van der Waals surface area contributed by atoms with Crippen molar-refractivity contribution in [3.63, 3.8) is 0 Å². The third-order valence-corrected chi connectivity index (χ3v) is 2.05. The Labute approximate surface area is 103 Å². The van der Waals surface area contributed by atoms with Gasteiger partial charge in [-0.15, -0.1) is 0 Å². The highest BCUT2D eigenvalue weighted by atomic mass is 16.4. The van der Waals surface area contributed by atoms with E-state index in [0.29, 0.717) is 6.54 Å². The number of H-pyrrole nitrogens is 1. The quantitative estimate of drug-likeness (QED) is 0.537. The van der Waals surface area contributed by atoms with E-state index in [1.165, 1.54) is 0 Å². The molecule has 0 saturated heterocycles. The largest absolute Gasteiger partial charge is 0.477 e. The van der Waals surface area contributed by atoms with Crippen molar-refractivity contribution in [3.8, 4) is 0 Å². The Morgan fingerprint density at radius 2 is 2.11 bits per heavy atom. The zero-order valence-electron chi connectivity index (χ0n) is 9.82. The van der Waals surface area contributed by atoms with Crippen LogP contribution >= 0.6 is 0 Å². The van der Waals surface area contributed by atoms with Gasteiger partial charge in [0.15, 0.2) is 11.4 Å². The van der Waals surface area contributed by atoms with Gasteiger partial charge in [-0.2, -0.15) is 0 Å². The molecule has 0 atom stereocenters. The number of carboxylic acids is 1. The molecule has 0 radical (unpaired) electrons. The first kappa shape index (κ1) is 13.7. The third kappa shape index (κ3) is 3.58. The summed E-state index contributed by atoms with van der Waals surface area (Å²) in [5.41, 5.74) is -0.549. The highest BCUT2D eigenvalue weighted by molar-refractivity contribution is 6.03. The maximum atomic E-state index is 11.6. The Morgan fingerprint density at radius 1 is 1.39 bits per heavy atom. The van der Waals surface area contributed by atoms with Crippen LogP contribution in [0.1, 0.15) is 34.3 Å². The zero-order valence-corrected chi connectivity index (χ0v) is 9.82. The molecule has 0 unspecified atom stereocenters. The lowest BCUT2D eigenvalue weighted by molar-refractivity contribution is -0.120.